The Labute approximate surface area is 124 Å². The van der Waals surface area contributed by atoms with Crippen LogP contribution in [0.25, 0.3) is 0 Å². The summed E-state index contributed by atoms with van der Waals surface area (Å²) < 4.78 is 0. The number of hydrogen-bond acceptors (Lipinski definition) is 4. The molecular weight excluding hydrogens is 266 g/mol. The third-order valence-corrected chi connectivity index (χ3v) is 5.13. The lowest BCUT2D eigenvalue weighted by atomic mass is 10.2. The predicted molar refractivity (Wildman–Crippen MR) is 79.4 cm³/mol. The van der Waals surface area contributed by atoms with Gasteiger partial charge >= 0.3 is 0 Å². The quantitative estimate of drug-likeness (QED) is 0.805. The van der Waals surface area contributed by atoms with Crippen molar-refractivity contribution in [1.29, 1.82) is 0 Å². The largest absolute Gasteiger partial charge is 0.336 e. The van der Waals surface area contributed by atoms with Crippen LogP contribution in [0.2, 0.25) is 0 Å². The fourth-order valence-corrected chi connectivity index (χ4v) is 3.92. The number of fused-ring (bicyclic) bond motifs is 1. The van der Waals surface area contributed by atoms with Crippen molar-refractivity contribution in [2.45, 2.75) is 31.7 Å². The molecule has 2 aliphatic heterocycles. The van der Waals surface area contributed by atoms with Crippen molar-refractivity contribution in [2.75, 3.05) is 39.3 Å². The molecule has 6 heteroatoms. The molecule has 1 unspecified atom stereocenters. The highest BCUT2D eigenvalue weighted by molar-refractivity contribution is 5.94. The molecule has 21 heavy (non-hydrogen) atoms. The molecule has 0 bridgehead atoms. The zero-order valence-corrected chi connectivity index (χ0v) is 12.4. The summed E-state index contributed by atoms with van der Waals surface area (Å²) >= 11 is 0. The molecule has 114 valence electrons. The van der Waals surface area contributed by atoms with Gasteiger partial charge in [-0.2, -0.15) is 5.10 Å². The first-order chi connectivity index (χ1) is 10.3. The molecule has 2 fully saturated rings. The van der Waals surface area contributed by atoms with E-state index in [0.717, 1.165) is 65.0 Å². The van der Waals surface area contributed by atoms with Crippen LogP contribution < -0.4 is 5.32 Å². The molecule has 1 aliphatic carbocycles. The van der Waals surface area contributed by atoms with Gasteiger partial charge in [-0.05, 0) is 25.7 Å². The van der Waals surface area contributed by atoms with Crippen LogP contribution in [0.15, 0.2) is 0 Å². The monoisotopic (exact) mass is 289 g/mol. The van der Waals surface area contributed by atoms with E-state index in [1.807, 2.05) is 4.90 Å². The number of amides is 1. The summed E-state index contributed by atoms with van der Waals surface area (Å²) in [6.45, 7) is 6.07. The molecule has 4 rings (SSSR count). The van der Waals surface area contributed by atoms with E-state index in [1.54, 1.807) is 0 Å². The Kier molecular flexibility index (Phi) is 3.43. The third kappa shape index (κ3) is 2.36. The highest BCUT2D eigenvalue weighted by atomic mass is 16.2. The number of aromatic amines is 1. The Balaban J connectivity index is 1.44. The molecule has 3 heterocycles. The van der Waals surface area contributed by atoms with Crippen LogP contribution >= 0.6 is 0 Å². The summed E-state index contributed by atoms with van der Waals surface area (Å²) in [6, 6.07) is 0.531. The Bertz CT molecular complexity index is 534. The molecule has 0 spiro atoms. The first-order valence-corrected chi connectivity index (χ1v) is 8.13. The minimum Gasteiger partial charge on any atom is -0.336 e. The normalized spacial score (nSPS) is 26.3. The molecule has 0 radical (unpaired) electrons. The van der Waals surface area contributed by atoms with Crippen LogP contribution in [0.3, 0.4) is 0 Å². The van der Waals surface area contributed by atoms with Crippen LogP contribution in [0.5, 0.6) is 0 Å². The van der Waals surface area contributed by atoms with Gasteiger partial charge in [0.25, 0.3) is 5.91 Å². The number of aryl methyl sites for hydroxylation is 1. The van der Waals surface area contributed by atoms with Crippen molar-refractivity contribution in [3.8, 4) is 0 Å². The van der Waals surface area contributed by atoms with E-state index in [-0.39, 0.29) is 5.91 Å². The van der Waals surface area contributed by atoms with Crippen molar-refractivity contribution < 1.29 is 4.79 Å². The van der Waals surface area contributed by atoms with Crippen LogP contribution in [-0.2, 0) is 12.8 Å². The summed E-state index contributed by atoms with van der Waals surface area (Å²) in [5.74, 6) is 0.132. The zero-order chi connectivity index (χ0) is 14.2. The number of likely N-dealkylation sites (tertiary alicyclic amines) is 1. The molecule has 6 nitrogen and oxygen atoms in total. The zero-order valence-electron chi connectivity index (χ0n) is 12.4. The predicted octanol–water partition coefficient (Wildman–Crippen LogP) is 0.0181. The highest BCUT2D eigenvalue weighted by Crippen LogP contribution is 2.25. The van der Waals surface area contributed by atoms with E-state index in [0.29, 0.717) is 11.7 Å². The average molecular weight is 289 g/mol. The third-order valence-electron chi connectivity index (χ3n) is 5.13. The summed E-state index contributed by atoms with van der Waals surface area (Å²) in [5.41, 5.74) is 3.03. The second-order valence-electron chi connectivity index (χ2n) is 6.36. The van der Waals surface area contributed by atoms with Crippen molar-refractivity contribution in [1.82, 2.24) is 25.3 Å². The second kappa shape index (κ2) is 5.42. The van der Waals surface area contributed by atoms with Crippen molar-refractivity contribution in [3.63, 3.8) is 0 Å². The molecule has 2 saturated heterocycles. The van der Waals surface area contributed by atoms with Crippen molar-refractivity contribution in [3.05, 3.63) is 17.0 Å². The Morgan fingerprint density at radius 1 is 1.19 bits per heavy atom. The van der Waals surface area contributed by atoms with Crippen LogP contribution in [0, 0.1) is 0 Å². The SMILES string of the molecule is O=C(c1n[nH]c2c1CCC2)N1CCC(N2CCNCC2)C1. The maximum atomic E-state index is 12.7. The Hall–Kier alpha value is -1.40. The second-order valence-corrected chi connectivity index (χ2v) is 6.36. The van der Waals surface area contributed by atoms with Gasteiger partial charge < -0.3 is 10.2 Å². The lowest BCUT2D eigenvalue weighted by molar-refractivity contribution is 0.0766. The minimum absolute atomic E-state index is 0.132. The number of nitrogens with zero attached hydrogens (tertiary/aromatic N) is 3. The molecule has 1 amide bonds. The number of carbonyl (C=O) groups excluding carboxylic acids is 1. The number of H-pyrrole nitrogens is 1. The molecular formula is C15H23N5O. The van der Waals surface area contributed by atoms with E-state index in [1.165, 1.54) is 11.3 Å². The van der Waals surface area contributed by atoms with Gasteiger partial charge in [-0.3, -0.25) is 14.8 Å². The number of hydrogen-bond donors (Lipinski definition) is 2. The van der Waals surface area contributed by atoms with Gasteiger partial charge in [-0.1, -0.05) is 0 Å². The molecule has 2 N–H and O–H groups in total. The number of nitrogens with one attached hydrogen (secondary N) is 2. The standard InChI is InChI=1S/C15H23N5O/c21-15(14-12-2-1-3-13(12)17-18-14)20-7-4-11(10-20)19-8-5-16-6-9-19/h11,16H,1-10H2,(H,17,18). The first-order valence-electron chi connectivity index (χ1n) is 8.13. The number of aromatic nitrogens is 2. The fourth-order valence-electron chi connectivity index (χ4n) is 3.92. The van der Waals surface area contributed by atoms with Gasteiger partial charge in [0.05, 0.1) is 0 Å². The van der Waals surface area contributed by atoms with Gasteiger partial charge in [0.15, 0.2) is 5.69 Å². The van der Waals surface area contributed by atoms with E-state index < -0.39 is 0 Å². The van der Waals surface area contributed by atoms with Gasteiger partial charge in [0, 0.05) is 56.6 Å². The maximum Gasteiger partial charge on any atom is 0.274 e. The van der Waals surface area contributed by atoms with Gasteiger partial charge in [-0.15, -0.1) is 0 Å². The molecule has 0 aromatic carbocycles. The van der Waals surface area contributed by atoms with Gasteiger partial charge in [0.1, 0.15) is 0 Å². The molecule has 0 saturated carbocycles. The van der Waals surface area contributed by atoms with Crippen molar-refractivity contribution >= 4 is 5.91 Å². The number of carbonyl (C=O) groups is 1. The average Bonchev–Trinajstić information content (AvgIpc) is 3.23. The van der Waals surface area contributed by atoms with Crippen LogP contribution in [-0.4, -0.2) is 71.2 Å². The molecule has 1 atom stereocenters. The van der Waals surface area contributed by atoms with E-state index in [9.17, 15) is 4.79 Å². The lowest BCUT2D eigenvalue weighted by Gasteiger charge is -2.32. The Morgan fingerprint density at radius 2 is 2.05 bits per heavy atom. The molecule has 3 aliphatic rings. The summed E-state index contributed by atoms with van der Waals surface area (Å²) in [7, 11) is 0. The highest BCUT2D eigenvalue weighted by Gasteiger charge is 2.34. The first kappa shape index (κ1) is 13.3. The van der Waals surface area contributed by atoms with Crippen LogP contribution in [0.4, 0.5) is 0 Å². The maximum absolute atomic E-state index is 12.7. The van der Waals surface area contributed by atoms with Crippen molar-refractivity contribution in [2.24, 2.45) is 0 Å². The molecule has 1 aromatic heterocycles. The number of rotatable bonds is 2. The summed E-state index contributed by atoms with van der Waals surface area (Å²) in [6.07, 6.45) is 4.28. The van der Waals surface area contributed by atoms with Gasteiger partial charge in [0.2, 0.25) is 0 Å². The Morgan fingerprint density at radius 3 is 2.90 bits per heavy atom. The summed E-state index contributed by atoms with van der Waals surface area (Å²) in [4.78, 5) is 17.2. The van der Waals surface area contributed by atoms with E-state index in [2.05, 4.69) is 20.4 Å². The molecule has 1 aromatic rings. The number of piperazine rings is 1. The van der Waals surface area contributed by atoms with Gasteiger partial charge in [-0.25, -0.2) is 0 Å². The van der Waals surface area contributed by atoms with E-state index in [4.69, 9.17) is 0 Å². The lowest BCUT2D eigenvalue weighted by Crippen LogP contribution is -2.49. The summed E-state index contributed by atoms with van der Waals surface area (Å²) in [5, 5.41) is 10.7. The van der Waals surface area contributed by atoms with E-state index >= 15 is 0 Å². The smallest absolute Gasteiger partial charge is 0.274 e. The topological polar surface area (TPSA) is 64.3 Å². The van der Waals surface area contributed by atoms with Crippen LogP contribution in [0.1, 0.15) is 34.6 Å². The minimum atomic E-state index is 0.132. The fraction of sp³-hybridized carbons (Fsp3) is 0.733.